The lowest BCUT2D eigenvalue weighted by molar-refractivity contribution is -0.115. The van der Waals surface area contributed by atoms with Crippen LogP contribution in [0.15, 0.2) is 87.2 Å². The normalized spacial score (nSPS) is 11.9. The third kappa shape index (κ3) is 4.60. The van der Waals surface area contributed by atoms with Crippen molar-refractivity contribution in [1.29, 1.82) is 0 Å². The first-order valence-electron chi connectivity index (χ1n) is 8.85. The highest BCUT2D eigenvalue weighted by Crippen LogP contribution is 2.36. The number of hydrogen-bond donors (Lipinski definition) is 1. The average Bonchev–Trinajstić information content (AvgIpc) is 3.36. The van der Waals surface area contributed by atoms with Crippen LogP contribution in [0.3, 0.4) is 0 Å². The van der Waals surface area contributed by atoms with Gasteiger partial charge in [-0.15, -0.1) is 0 Å². The largest absolute Gasteiger partial charge is 0.360 e. The van der Waals surface area contributed by atoms with Gasteiger partial charge in [0.15, 0.2) is 11.0 Å². The van der Waals surface area contributed by atoms with Crippen molar-refractivity contribution in [3.05, 3.63) is 88.9 Å². The maximum atomic E-state index is 13.1. The fourth-order valence-corrected chi connectivity index (χ4v) is 4.13. The van der Waals surface area contributed by atoms with Gasteiger partial charge in [-0.2, -0.15) is 0 Å². The van der Waals surface area contributed by atoms with Crippen LogP contribution in [0.25, 0.3) is 5.69 Å². The molecule has 146 valence electrons. The van der Waals surface area contributed by atoms with Crippen molar-refractivity contribution in [3.8, 4) is 5.69 Å². The molecule has 0 fully saturated rings. The van der Waals surface area contributed by atoms with E-state index in [0.717, 1.165) is 15.7 Å². The number of carbonyl (C=O) groups is 1. The second-order valence-corrected chi connectivity index (χ2v) is 8.26. The molecule has 0 aliphatic heterocycles. The number of carbonyl (C=O) groups excluding carboxylic acids is 1. The van der Waals surface area contributed by atoms with E-state index in [1.54, 1.807) is 19.2 Å². The van der Waals surface area contributed by atoms with E-state index in [-0.39, 0.29) is 5.91 Å². The van der Waals surface area contributed by atoms with Crippen molar-refractivity contribution < 1.29 is 9.32 Å². The summed E-state index contributed by atoms with van der Waals surface area (Å²) in [7, 11) is 0. The number of amides is 1. The van der Waals surface area contributed by atoms with Gasteiger partial charge in [0.05, 0.1) is 0 Å². The summed E-state index contributed by atoms with van der Waals surface area (Å²) in [6, 6.07) is 19.2. The van der Waals surface area contributed by atoms with Crippen LogP contribution < -0.4 is 5.32 Å². The summed E-state index contributed by atoms with van der Waals surface area (Å²) in [6.45, 7) is 1.78. The molecule has 0 aliphatic carbocycles. The maximum Gasteiger partial charge on any atom is 0.243 e. The highest BCUT2D eigenvalue weighted by atomic mass is 79.9. The van der Waals surface area contributed by atoms with Crippen molar-refractivity contribution >= 4 is 39.4 Å². The van der Waals surface area contributed by atoms with Gasteiger partial charge in [0.1, 0.15) is 11.0 Å². The summed E-state index contributed by atoms with van der Waals surface area (Å²) in [4.78, 5) is 17.6. The molecule has 1 atom stereocenters. The number of aryl methyl sites for hydroxylation is 1. The number of anilines is 1. The first-order valence-corrected chi connectivity index (χ1v) is 10.5. The van der Waals surface area contributed by atoms with Crippen LogP contribution >= 0.6 is 27.7 Å². The van der Waals surface area contributed by atoms with Gasteiger partial charge < -0.3 is 9.84 Å². The second-order valence-electron chi connectivity index (χ2n) is 6.28. The fourth-order valence-electron chi connectivity index (χ4n) is 2.80. The number of aromatic nitrogens is 3. The lowest BCUT2D eigenvalue weighted by Crippen LogP contribution is -2.19. The number of thioether (sulfide) groups is 1. The molecule has 0 aliphatic rings. The molecule has 0 saturated carbocycles. The summed E-state index contributed by atoms with van der Waals surface area (Å²) < 4.78 is 8.01. The SMILES string of the molecule is Cc1cc(NC(=O)C(Sc2nccn2-c2ccc(Br)cc2)c2ccccc2)no1. The molecule has 8 heteroatoms. The molecule has 29 heavy (non-hydrogen) atoms. The summed E-state index contributed by atoms with van der Waals surface area (Å²) in [5.41, 5.74) is 1.84. The third-order valence-corrected chi connectivity index (χ3v) is 5.92. The highest BCUT2D eigenvalue weighted by Gasteiger charge is 2.25. The Morgan fingerprint density at radius 2 is 1.93 bits per heavy atom. The summed E-state index contributed by atoms with van der Waals surface area (Å²) in [5, 5.41) is 6.90. The quantitative estimate of drug-likeness (QED) is 0.383. The molecular formula is C21H17BrN4O2S. The van der Waals surface area contributed by atoms with Gasteiger partial charge in [0.25, 0.3) is 0 Å². The van der Waals surface area contributed by atoms with Gasteiger partial charge in [-0.25, -0.2) is 4.98 Å². The van der Waals surface area contributed by atoms with E-state index in [1.807, 2.05) is 65.4 Å². The molecule has 1 amide bonds. The maximum absolute atomic E-state index is 13.1. The second kappa shape index (κ2) is 8.67. The molecule has 0 spiro atoms. The molecule has 2 heterocycles. The minimum Gasteiger partial charge on any atom is -0.360 e. The van der Waals surface area contributed by atoms with Crippen LogP contribution in [0, 0.1) is 6.92 Å². The monoisotopic (exact) mass is 468 g/mol. The number of halogens is 1. The predicted molar refractivity (Wildman–Crippen MR) is 116 cm³/mol. The van der Waals surface area contributed by atoms with Crippen LogP contribution in [0.1, 0.15) is 16.6 Å². The van der Waals surface area contributed by atoms with Gasteiger partial charge in [-0.1, -0.05) is 63.2 Å². The van der Waals surface area contributed by atoms with E-state index in [2.05, 4.69) is 31.4 Å². The Bertz CT molecular complexity index is 1110. The Morgan fingerprint density at radius 3 is 2.62 bits per heavy atom. The van der Waals surface area contributed by atoms with E-state index in [1.165, 1.54) is 11.8 Å². The predicted octanol–water partition coefficient (Wildman–Crippen LogP) is 5.40. The molecule has 4 rings (SSSR count). The van der Waals surface area contributed by atoms with Crippen molar-refractivity contribution in [3.63, 3.8) is 0 Å². The van der Waals surface area contributed by atoms with Crippen molar-refractivity contribution in [2.75, 3.05) is 5.32 Å². The summed E-state index contributed by atoms with van der Waals surface area (Å²) >= 11 is 4.83. The van der Waals surface area contributed by atoms with Crippen LogP contribution in [0.4, 0.5) is 5.82 Å². The van der Waals surface area contributed by atoms with Gasteiger partial charge in [-0.05, 0) is 36.8 Å². The van der Waals surface area contributed by atoms with E-state index in [0.29, 0.717) is 16.7 Å². The Labute approximate surface area is 180 Å². The standard InChI is InChI=1S/C21H17BrN4O2S/c1-14-13-18(25-28-14)24-20(27)19(15-5-3-2-4-6-15)29-21-23-11-12-26(21)17-9-7-16(22)8-10-17/h2-13,19H,1H3,(H,24,25,27). The van der Waals surface area contributed by atoms with Crippen molar-refractivity contribution in [2.45, 2.75) is 17.3 Å². The number of benzene rings is 2. The minimum atomic E-state index is -0.509. The van der Waals surface area contributed by atoms with Gasteiger partial charge in [0.2, 0.25) is 5.91 Å². The van der Waals surface area contributed by atoms with E-state index in [9.17, 15) is 4.79 Å². The zero-order valence-corrected chi connectivity index (χ0v) is 17.9. The fraction of sp³-hybridized carbons (Fsp3) is 0.0952. The van der Waals surface area contributed by atoms with Crippen LogP contribution in [-0.4, -0.2) is 20.6 Å². The first-order chi connectivity index (χ1) is 14.1. The lowest BCUT2D eigenvalue weighted by atomic mass is 10.1. The number of nitrogens with zero attached hydrogens (tertiary/aromatic N) is 3. The van der Waals surface area contributed by atoms with Crippen LogP contribution in [0.2, 0.25) is 0 Å². The molecule has 0 bridgehead atoms. The van der Waals surface area contributed by atoms with Crippen LogP contribution in [-0.2, 0) is 4.79 Å². The lowest BCUT2D eigenvalue weighted by Gasteiger charge is -2.16. The van der Waals surface area contributed by atoms with Gasteiger partial charge in [-0.3, -0.25) is 9.36 Å². The minimum absolute atomic E-state index is 0.195. The average molecular weight is 469 g/mol. The van der Waals surface area contributed by atoms with Gasteiger partial charge >= 0.3 is 0 Å². The molecule has 0 saturated heterocycles. The van der Waals surface area contributed by atoms with Crippen molar-refractivity contribution in [1.82, 2.24) is 14.7 Å². The number of imidazole rings is 1. The van der Waals surface area contributed by atoms with Gasteiger partial charge in [0, 0.05) is 28.6 Å². The Morgan fingerprint density at radius 1 is 1.17 bits per heavy atom. The van der Waals surface area contributed by atoms with Crippen molar-refractivity contribution in [2.24, 2.45) is 0 Å². The van der Waals surface area contributed by atoms with E-state index >= 15 is 0 Å². The first kappa shape index (κ1) is 19.5. The van der Waals surface area contributed by atoms with E-state index < -0.39 is 5.25 Å². The Hall–Kier alpha value is -2.84. The number of rotatable bonds is 6. The zero-order chi connectivity index (χ0) is 20.2. The number of nitrogens with one attached hydrogen (secondary N) is 1. The molecule has 4 aromatic rings. The number of hydrogen-bond acceptors (Lipinski definition) is 5. The molecule has 0 radical (unpaired) electrons. The summed E-state index contributed by atoms with van der Waals surface area (Å²) in [6.07, 6.45) is 3.61. The molecule has 1 unspecified atom stereocenters. The van der Waals surface area contributed by atoms with Crippen LogP contribution in [0.5, 0.6) is 0 Å². The molecular weight excluding hydrogens is 452 g/mol. The molecule has 2 aromatic carbocycles. The zero-order valence-electron chi connectivity index (χ0n) is 15.4. The topological polar surface area (TPSA) is 73.0 Å². The summed E-state index contributed by atoms with van der Waals surface area (Å²) in [5.74, 6) is 0.833. The molecule has 1 N–H and O–H groups in total. The smallest absolute Gasteiger partial charge is 0.243 e. The molecule has 2 aromatic heterocycles. The highest BCUT2D eigenvalue weighted by molar-refractivity contribution is 9.10. The third-order valence-electron chi connectivity index (χ3n) is 4.15. The Kier molecular flexibility index (Phi) is 5.82. The van der Waals surface area contributed by atoms with E-state index in [4.69, 9.17) is 4.52 Å². The molecule has 6 nitrogen and oxygen atoms in total. The Balaban J connectivity index is 1.64.